The Morgan fingerprint density at radius 3 is 2.93 bits per heavy atom. The zero-order valence-electron chi connectivity index (χ0n) is 8.28. The van der Waals surface area contributed by atoms with Crippen LogP contribution in [0.25, 0.3) is 0 Å². The lowest BCUT2D eigenvalue weighted by molar-refractivity contribution is -0.105. The highest BCUT2D eigenvalue weighted by molar-refractivity contribution is 6.32. The largest absolute Gasteiger partial charge is 0.506 e. The van der Waals surface area contributed by atoms with Gasteiger partial charge in [-0.1, -0.05) is 11.6 Å². The average Bonchev–Trinajstić information content (AvgIpc) is 2.25. The lowest BCUT2D eigenvalue weighted by atomic mass is 10.2. The van der Waals surface area contributed by atoms with Crippen molar-refractivity contribution < 1.29 is 14.6 Å². The minimum atomic E-state index is -0.181. The Kier molecular flexibility index (Phi) is 3.34. The summed E-state index contributed by atoms with van der Waals surface area (Å²) >= 11 is 5.76. The maximum atomic E-state index is 9.23. The third kappa shape index (κ3) is 2.76. The van der Waals surface area contributed by atoms with Crippen LogP contribution in [0.1, 0.15) is 19.3 Å². The van der Waals surface area contributed by atoms with E-state index in [0.29, 0.717) is 10.8 Å². The molecular formula is C11H13ClO3. The van der Waals surface area contributed by atoms with Gasteiger partial charge in [-0.3, -0.25) is 0 Å². The summed E-state index contributed by atoms with van der Waals surface area (Å²) in [5, 5.41) is 9.53. The highest BCUT2D eigenvalue weighted by atomic mass is 35.5. The summed E-state index contributed by atoms with van der Waals surface area (Å²) in [5.74, 6) is 0.693. The third-order valence-electron chi connectivity index (χ3n) is 2.32. The zero-order chi connectivity index (χ0) is 10.7. The summed E-state index contributed by atoms with van der Waals surface area (Å²) < 4.78 is 11.0. The fraction of sp³-hybridized carbons (Fsp3) is 0.455. The summed E-state index contributed by atoms with van der Waals surface area (Å²) in [4.78, 5) is 0. The predicted octanol–water partition coefficient (Wildman–Crippen LogP) is 2.95. The average molecular weight is 229 g/mol. The van der Waals surface area contributed by atoms with Gasteiger partial charge < -0.3 is 14.6 Å². The molecule has 0 aliphatic carbocycles. The lowest BCUT2D eigenvalue weighted by Gasteiger charge is -2.23. The SMILES string of the molecule is Oc1ccc(O[C@@H]2CCCCO2)cc1Cl. The molecule has 4 heteroatoms. The van der Waals surface area contributed by atoms with E-state index in [-0.39, 0.29) is 12.0 Å². The van der Waals surface area contributed by atoms with Crippen molar-refractivity contribution in [1.82, 2.24) is 0 Å². The maximum absolute atomic E-state index is 9.23. The Hall–Kier alpha value is -0.930. The smallest absolute Gasteiger partial charge is 0.199 e. The molecule has 1 aliphatic heterocycles. The number of aromatic hydroxyl groups is 1. The minimum absolute atomic E-state index is 0.0635. The van der Waals surface area contributed by atoms with Crippen molar-refractivity contribution in [3.05, 3.63) is 23.2 Å². The van der Waals surface area contributed by atoms with Gasteiger partial charge in [0.25, 0.3) is 0 Å². The number of benzene rings is 1. The van der Waals surface area contributed by atoms with Gasteiger partial charge in [0.15, 0.2) is 6.29 Å². The van der Waals surface area contributed by atoms with Crippen LogP contribution in [0.3, 0.4) is 0 Å². The number of hydrogen-bond donors (Lipinski definition) is 1. The van der Waals surface area contributed by atoms with Gasteiger partial charge in [0.05, 0.1) is 11.6 Å². The van der Waals surface area contributed by atoms with E-state index in [9.17, 15) is 5.11 Å². The van der Waals surface area contributed by atoms with Crippen LogP contribution in [0, 0.1) is 0 Å². The molecule has 1 aliphatic rings. The number of phenolic OH excluding ortho intramolecular Hbond substituents is 1. The third-order valence-corrected chi connectivity index (χ3v) is 2.63. The highest BCUT2D eigenvalue weighted by Gasteiger charge is 2.15. The molecule has 1 aromatic carbocycles. The van der Waals surface area contributed by atoms with E-state index in [0.717, 1.165) is 25.9 Å². The monoisotopic (exact) mass is 228 g/mol. The predicted molar refractivity (Wildman–Crippen MR) is 57.3 cm³/mol. The summed E-state index contributed by atoms with van der Waals surface area (Å²) in [6, 6.07) is 4.79. The molecule has 0 amide bonds. The van der Waals surface area contributed by atoms with Crippen LogP contribution >= 0.6 is 11.6 Å². The molecule has 0 spiro atoms. The van der Waals surface area contributed by atoms with Gasteiger partial charge in [-0.2, -0.15) is 0 Å². The number of rotatable bonds is 2. The van der Waals surface area contributed by atoms with E-state index >= 15 is 0 Å². The number of ether oxygens (including phenoxy) is 2. The molecule has 0 saturated carbocycles. The van der Waals surface area contributed by atoms with Crippen molar-refractivity contribution >= 4 is 11.6 Å². The van der Waals surface area contributed by atoms with E-state index in [1.54, 1.807) is 12.1 Å². The van der Waals surface area contributed by atoms with Gasteiger partial charge >= 0.3 is 0 Å². The summed E-state index contributed by atoms with van der Waals surface area (Å²) in [6.45, 7) is 0.747. The number of hydrogen-bond acceptors (Lipinski definition) is 3. The summed E-state index contributed by atoms with van der Waals surface area (Å²) in [7, 11) is 0. The molecule has 15 heavy (non-hydrogen) atoms. The molecule has 0 unspecified atom stereocenters. The van der Waals surface area contributed by atoms with Crippen molar-refractivity contribution in [1.29, 1.82) is 0 Å². The molecule has 82 valence electrons. The molecule has 3 nitrogen and oxygen atoms in total. The first kappa shape index (κ1) is 10.6. The van der Waals surface area contributed by atoms with Gasteiger partial charge in [0.1, 0.15) is 11.5 Å². The Morgan fingerprint density at radius 1 is 1.40 bits per heavy atom. The number of phenols is 1. The molecule has 1 aromatic rings. The minimum Gasteiger partial charge on any atom is -0.506 e. The first-order chi connectivity index (χ1) is 7.25. The van der Waals surface area contributed by atoms with Crippen molar-refractivity contribution in [2.75, 3.05) is 6.61 Å². The number of halogens is 1. The second-order valence-electron chi connectivity index (χ2n) is 3.53. The van der Waals surface area contributed by atoms with Crippen LogP contribution in [-0.4, -0.2) is 18.0 Å². The Bertz CT molecular complexity index is 335. The second kappa shape index (κ2) is 4.73. The van der Waals surface area contributed by atoms with Crippen LogP contribution in [0.4, 0.5) is 0 Å². The molecule has 1 fully saturated rings. The fourth-order valence-electron chi connectivity index (χ4n) is 1.52. The van der Waals surface area contributed by atoms with Crippen molar-refractivity contribution in [2.24, 2.45) is 0 Å². The van der Waals surface area contributed by atoms with Gasteiger partial charge in [-0.05, 0) is 25.0 Å². The molecule has 0 bridgehead atoms. The molecule has 2 rings (SSSR count). The molecule has 1 atom stereocenters. The van der Waals surface area contributed by atoms with Gasteiger partial charge in [-0.25, -0.2) is 0 Å². The van der Waals surface area contributed by atoms with Crippen LogP contribution in [-0.2, 0) is 4.74 Å². The molecule has 0 radical (unpaired) electrons. The maximum Gasteiger partial charge on any atom is 0.199 e. The lowest BCUT2D eigenvalue weighted by Crippen LogP contribution is -2.24. The molecule has 1 heterocycles. The second-order valence-corrected chi connectivity index (χ2v) is 3.93. The molecule has 1 N–H and O–H groups in total. The standard InChI is InChI=1S/C11H13ClO3/c12-9-7-8(4-5-10(9)13)15-11-3-1-2-6-14-11/h4-5,7,11,13H,1-3,6H2/t11-/m1/s1. The van der Waals surface area contributed by atoms with Crippen LogP contribution in [0.2, 0.25) is 5.02 Å². The Labute approximate surface area is 93.6 Å². The fourth-order valence-corrected chi connectivity index (χ4v) is 1.69. The van der Waals surface area contributed by atoms with Gasteiger partial charge in [-0.15, -0.1) is 0 Å². The molecular weight excluding hydrogens is 216 g/mol. The van der Waals surface area contributed by atoms with E-state index < -0.39 is 0 Å². The summed E-state index contributed by atoms with van der Waals surface area (Å²) in [5.41, 5.74) is 0. The van der Waals surface area contributed by atoms with Crippen LogP contribution in [0.5, 0.6) is 11.5 Å². The van der Waals surface area contributed by atoms with E-state index in [1.807, 2.05) is 0 Å². The van der Waals surface area contributed by atoms with Gasteiger partial charge in [0.2, 0.25) is 0 Å². The van der Waals surface area contributed by atoms with Crippen LogP contribution < -0.4 is 4.74 Å². The van der Waals surface area contributed by atoms with Crippen molar-refractivity contribution in [2.45, 2.75) is 25.6 Å². The molecule has 1 saturated heterocycles. The molecule has 0 aromatic heterocycles. The van der Waals surface area contributed by atoms with E-state index in [2.05, 4.69) is 0 Å². The van der Waals surface area contributed by atoms with Crippen molar-refractivity contribution in [3.8, 4) is 11.5 Å². The van der Waals surface area contributed by atoms with Crippen molar-refractivity contribution in [3.63, 3.8) is 0 Å². The normalized spacial score (nSPS) is 21.3. The van der Waals surface area contributed by atoms with E-state index in [4.69, 9.17) is 21.1 Å². The van der Waals surface area contributed by atoms with Crippen LogP contribution in [0.15, 0.2) is 18.2 Å². The Balaban J connectivity index is 2.00. The highest BCUT2D eigenvalue weighted by Crippen LogP contribution is 2.28. The zero-order valence-corrected chi connectivity index (χ0v) is 9.04. The van der Waals surface area contributed by atoms with E-state index in [1.165, 1.54) is 6.07 Å². The quantitative estimate of drug-likeness (QED) is 0.846. The summed E-state index contributed by atoms with van der Waals surface area (Å²) in [6.07, 6.45) is 2.94. The topological polar surface area (TPSA) is 38.7 Å². The Morgan fingerprint density at radius 2 is 2.27 bits per heavy atom. The van der Waals surface area contributed by atoms with Gasteiger partial charge in [0, 0.05) is 12.5 Å². The first-order valence-electron chi connectivity index (χ1n) is 5.02. The first-order valence-corrected chi connectivity index (χ1v) is 5.40.